The minimum atomic E-state index is -0.162. The van der Waals surface area contributed by atoms with Crippen LogP contribution in [0.2, 0.25) is 0 Å². The summed E-state index contributed by atoms with van der Waals surface area (Å²) in [7, 11) is 0. The summed E-state index contributed by atoms with van der Waals surface area (Å²) in [4.78, 5) is 10.9. The van der Waals surface area contributed by atoms with Gasteiger partial charge in [-0.2, -0.15) is 0 Å². The zero-order chi connectivity index (χ0) is 9.40. The molecular weight excluding hydrogens is 150 g/mol. The van der Waals surface area contributed by atoms with E-state index >= 15 is 0 Å². The first kappa shape index (κ1) is 11.2. The van der Waals surface area contributed by atoms with Crippen molar-refractivity contribution >= 4 is 5.91 Å². The fourth-order valence-corrected chi connectivity index (χ4v) is 1.20. The van der Waals surface area contributed by atoms with Crippen molar-refractivity contribution in [3.8, 4) is 0 Å². The monoisotopic (exact) mass is 169 g/mol. The standard InChI is InChI=1S/C10H19NO/c1-3-5-7-9(10(11)12)8-6-4-2/h3,9H,1,4-8H2,2H3,(H2,11,12). The first-order valence-corrected chi connectivity index (χ1v) is 4.62. The molecule has 0 aromatic carbocycles. The lowest BCUT2D eigenvalue weighted by Crippen LogP contribution is -2.23. The van der Waals surface area contributed by atoms with Gasteiger partial charge in [-0.3, -0.25) is 4.79 Å². The normalized spacial score (nSPS) is 12.4. The summed E-state index contributed by atoms with van der Waals surface area (Å²) in [6.07, 6.45) is 6.72. The molecule has 0 saturated carbocycles. The van der Waals surface area contributed by atoms with Gasteiger partial charge >= 0.3 is 0 Å². The highest BCUT2D eigenvalue weighted by molar-refractivity contribution is 5.76. The highest BCUT2D eigenvalue weighted by Crippen LogP contribution is 2.14. The second kappa shape index (κ2) is 6.89. The van der Waals surface area contributed by atoms with Crippen LogP contribution in [0, 0.1) is 5.92 Å². The molecule has 70 valence electrons. The molecule has 2 N–H and O–H groups in total. The smallest absolute Gasteiger partial charge is 0.220 e. The Labute approximate surface area is 74.8 Å². The quantitative estimate of drug-likeness (QED) is 0.583. The van der Waals surface area contributed by atoms with E-state index in [-0.39, 0.29) is 11.8 Å². The van der Waals surface area contributed by atoms with Crippen LogP contribution >= 0.6 is 0 Å². The zero-order valence-corrected chi connectivity index (χ0v) is 7.88. The molecule has 0 aliphatic rings. The summed E-state index contributed by atoms with van der Waals surface area (Å²) in [5, 5.41) is 0. The van der Waals surface area contributed by atoms with Gasteiger partial charge in [0.15, 0.2) is 0 Å². The third kappa shape index (κ3) is 4.94. The first-order chi connectivity index (χ1) is 5.72. The average molecular weight is 169 g/mol. The fraction of sp³-hybridized carbons (Fsp3) is 0.700. The van der Waals surface area contributed by atoms with E-state index in [1.54, 1.807) is 0 Å². The molecule has 0 saturated heterocycles. The zero-order valence-electron chi connectivity index (χ0n) is 7.88. The van der Waals surface area contributed by atoms with Crippen LogP contribution in [0.25, 0.3) is 0 Å². The minimum absolute atomic E-state index is 0.0583. The van der Waals surface area contributed by atoms with Crippen molar-refractivity contribution in [2.45, 2.75) is 39.0 Å². The van der Waals surface area contributed by atoms with Crippen molar-refractivity contribution in [1.82, 2.24) is 0 Å². The van der Waals surface area contributed by atoms with Crippen LogP contribution in [-0.2, 0) is 4.79 Å². The molecule has 1 atom stereocenters. The number of amides is 1. The maximum atomic E-state index is 10.9. The lowest BCUT2D eigenvalue weighted by atomic mass is 9.96. The number of unbranched alkanes of at least 4 members (excludes halogenated alkanes) is 1. The molecule has 0 bridgehead atoms. The van der Waals surface area contributed by atoms with Crippen molar-refractivity contribution in [2.75, 3.05) is 0 Å². The van der Waals surface area contributed by atoms with Crippen LogP contribution in [-0.4, -0.2) is 5.91 Å². The second-order valence-electron chi connectivity index (χ2n) is 3.11. The topological polar surface area (TPSA) is 43.1 Å². The van der Waals surface area contributed by atoms with Gasteiger partial charge in [0.05, 0.1) is 0 Å². The molecule has 0 rings (SSSR count). The van der Waals surface area contributed by atoms with E-state index in [9.17, 15) is 4.79 Å². The Morgan fingerprint density at radius 2 is 2.25 bits per heavy atom. The second-order valence-corrected chi connectivity index (χ2v) is 3.11. The fourth-order valence-electron chi connectivity index (χ4n) is 1.20. The maximum Gasteiger partial charge on any atom is 0.220 e. The van der Waals surface area contributed by atoms with Crippen molar-refractivity contribution in [3.05, 3.63) is 12.7 Å². The van der Waals surface area contributed by atoms with Gasteiger partial charge in [0.2, 0.25) is 5.91 Å². The highest BCUT2D eigenvalue weighted by atomic mass is 16.1. The van der Waals surface area contributed by atoms with Crippen molar-refractivity contribution < 1.29 is 4.79 Å². The predicted octanol–water partition coefficient (Wildman–Crippen LogP) is 2.24. The number of hydrogen-bond donors (Lipinski definition) is 1. The molecule has 0 heterocycles. The number of hydrogen-bond acceptors (Lipinski definition) is 1. The molecule has 12 heavy (non-hydrogen) atoms. The van der Waals surface area contributed by atoms with Gasteiger partial charge in [-0.25, -0.2) is 0 Å². The van der Waals surface area contributed by atoms with E-state index in [0.29, 0.717) is 0 Å². The molecule has 0 fully saturated rings. The molecule has 0 radical (unpaired) electrons. The molecule has 2 nitrogen and oxygen atoms in total. The summed E-state index contributed by atoms with van der Waals surface area (Å²) in [5.74, 6) is -0.103. The molecule has 0 spiro atoms. The SMILES string of the molecule is C=CCCC(CCCC)C(N)=O. The molecule has 0 aromatic heterocycles. The van der Waals surface area contributed by atoms with Crippen LogP contribution in [0.1, 0.15) is 39.0 Å². The van der Waals surface area contributed by atoms with E-state index in [1.807, 2.05) is 6.08 Å². The largest absolute Gasteiger partial charge is 0.369 e. The number of primary amides is 1. The predicted molar refractivity (Wildman–Crippen MR) is 51.6 cm³/mol. The van der Waals surface area contributed by atoms with Crippen molar-refractivity contribution in [3.63, 3.8) is 0 Å². The summed E-state index contributed by atoms with van der Waals surface area (Å²) in [6.45, 7) is 5.74. The van der Waals surface area contributed by atoms with Gasteiger partial charge in [-0.15, -0.1) is 6.58 Å². The number of rotatable bonds is 7. The van der Waals surface area contributed by atoms with E-state index < -0.39 is 0 Å². The van der Waals surface area contributed by atoms with E-state index in [1.165, 1.54) is 0 Å². The molecule has 2 heteroatoms. The Kier molecular flexibility index (Phi) is 6.44. The van der Waals surface area contributed by atoms with Crippen LogP contribution < -0.4 is 5.73 Å². The summed E-state index contributed by atoms with van der Waals surface area (Å²) in [5.41, 5.74) is 5.25. The Morgan fingerprint density at radius 3 is 2.67 bits per heavy atom. The lowest BCUT2D eigenvalue weighted by molar-refractivity contribution is -0.122. The lowest BCUT2D eigenvalue weighted by Gasteiger charge is -2.10. The van der Waals surface area contributed by atoms with Crippen LogP contribution in [0.15, 0.2) is 12.7 Å². The molecule has 1 amide bonds. The summed E-state index contributed by atoms with van der Waals surface area (Å²) in [6, 6.07) is 0. The van der Waals surface area contributed by atoms with Gasteiger partial charge < -0.3 is 5.73 Å². The van der Waals surface area contributed by atoms with Gasteiger partial charge in [-0.1, -0.05) is 25.8 Å². The van der Waals surface area contributed by atoms with Crippen LogP contribution in [0.3, 0.4) is 0 Å². The van der Waals surface area contributed by atoms with E-state index in [4.69, 9.17) is 5.73 Å². The summed E-state index contributed by atoms with van der Waals surface area (Å²) >= 11 is 0. The number of allylic oxidation sites excluding steroid dienone is 1. The van der Waals surface area contributed by atoms with Crippen molar-refractivity contribution in [2.24, 2.45) is 11.7 Å². The van der Waals surface area contributed by atoms with Gasteiger partial charge in [0.1, 0.15) is 0 Å². The third-order valence-electron chi connectivity index (χ3n) is 2.03. The molecule has 1 unspecified atom stereocenters. The molecular formula is C10H19NO. The van der Waals surface area contributed by atoms with E-state index in [2.05, 4.69) is 13.5 Å². The summed E-state index contributed by atoms with van der Waals surface area (Å²) < 4.78 is 0. The first-order valence-electron chi connectivity index (χ1n) is 4.62. The Morgan fingerprint density at radius 1 is 1.58 bits per heavy atom. The van der Waals surface area contributed by atoms with Crippen LogP contribution in [0.4, 0.5) is 0 Å². The third-order valence-corrected chi connectivity index (χ3v) is 2.03. The van der Waals surface area contributed by atoms with Gasteiger partial charge in [-0.05, 0) is 19.3 Å². The Hall–Kier alpha value is -0.790. The average Bonchev–Trinajstić information content (AvgIpc) is 2.04. The number of nitrogens with two attached hydrogens (primary N) is 1. The molecule has 0 aliphatic carbocycles. The maximum absolute atomic E-state index is 10.9. The molecule has 0 aromatic rings. The highest BCUT2D eigenvalue weighted by Gasteiger charge is 2.12. The van der Waals surface area contributed by atoms with Crippen LogP contribution in [0.5, 0.6) is 0 Å². The van der Waals surface area contributed by atoms with Gasteiger partial charge in [0.25, 0.3) is 0 Å². The molecule has 0 aliphatic heterocycles. The van der Waals surface area contributed by atoms with Crippen molar-refractivity contribution in [1.29, 1.82) is 0 Å². The van der Waals surface area contributed by atoms with E-state index in [0.717, 1.165) is 32.1 Å². The Bertz CT molecular complexity index is 143. The van der Waals surface area contributed by atoms with Gasteiger partial charge in [0, 0.05) is 5.92 Å². The number of carbonyl (C=O) groups is 1. The Balaban J connectivity index is 3.69. The minimum Gasteiger partial charge on any atom is -0.369 e. The number of carbonyl (C=O) groups excluding carboxylic acids is 1.